The van der Waals surface area contributed by atoms with Crippen LogP contribution in [0.5, 0.6) is 0 Å². The lowest BCUT2D eigenvalue weighted by Gasteiger charge is -2.20. The van der Waals surface area contributed by atoms with Crippen LogP contribution in [-0.4, -0.2) is 25.2 Å². The first kappa shape index (κ1) is 17.6. The van der Waals surface area contributed by atoms with Gasteiger partial charge < -0.3 is 4.90 Å². The van der Waals surface area contributed by atoms with E-state index >= 15 is 0 Å². The highest BCUT2D eigenvalue weighted by Gasteiger charge is 2.06. The smallest absolute Gasteiger partial charge is 0.271 e. The standard InChI is InChI=1S/C18H19F2N3O/c1-3-23(4-2)15-8-6-14(7-9-15)18(24)22-21-12-13-5-10-16(19)17(20)11-13/h5-12H,3-4H2,1-2H3,(H,22,24)/b21-12-. The molecule has 1 amide bonds. The summed E-state index contributed by atoms with van der Waals surface area (Å²) in [7, 11) is 0. The van der Waals surface area contributed by atoms with Crippen LogP contribution >= 0.6 is 0 Å². The summed E-state index contributed by atoms with van der Waals surface area (Å²) in [6.45, 7) is 5.91. The molecule has 0 aliphatic carbocycles. The number of benzene rings is 2. The summed E-state index contributed by atoms with van der Waals surface area (Å²) in [6, 6.07) is 10.6. The molecule has 0 fully saturated rings. The van der Waals surface area contributed by atoms with Gasteiger partial charge in [-0.3, -0.25) is 4.79 Å². The zero-order valence-electron chi connectivity index (χ0n) is 13.6. The van der Waals surface area contributed by atoms with Crippen LogP contribution in [0, 0.1) is 11.6 Å². The van der Waals surface area contributed by atoms with Crippen molar-refractivity contribution in [1.29, 1.82) is 0 Å². The van der Waals surface area contributed by atoms with Gasteiger partial charge in [0.1, 0.15) is 0 Å². The Morgan fingerprint density at radius 1 is 1.08 bits per heavy atom. The molecule has 0 unspecified atom stereocenters. The average molecular weight is 331 g/mol. The number of hydrogen-bond acceptors (Lipinski definition) is 3. The second-order valence-corrected chi connectivity index (χ2v) is 5.09. The van der Waals surface area contributed by atoms with Crippen molar-refractivity contribution in [3.63, 3.8) is 0 Å². The van der Waals surface area contributed by atoms with Crippen LogP contribution < -0.4 is 10.3 Å². The maximum absolute atomic E-state index is 13.1. The molecule has 2 rings (SSSR count). The number of nitrogens with zero attached hydrogens (tertiary/aromatic N) is 2. The molecule has 0 spiro atoms. The van der Waals surface area contributed by atoms with E-state index in [0.29, 0.717) is 11.1 Å². The van der Waals surface area contributed by atoms with Gasteiger partial charge >= 0.3 is 0 Å². The van der Waals surface area contributed by atoms with Crippen molar-refractivity contribution in [3.05, 3.63) is 65.2 Å². The third kappa shape index (κ3) is 4.38. The highest BCUT2D eigenvalue weighted by atomic mass is 19.2. The van der Waals surface area contributed by atoms with Crippen molar-refractivity contribution in [2.45, 2.75) is 13.8 Å². The lowest BCUT2D eigenvalue weighted by Crippen LogP contribution is -2.22. The van der Waals surface area contributed by atoms with Gasteiger partial charge in [0.15, 0.2) is 11.6 Å². The number of halogens is 2. The molecular weight excluding hydrogens is 312 g/mol. The predicted molar refractivity (Wildman–Crippen MR) is 91.4 cm³/mol. The monoisotopic (exact) mass is 331 g/mol. The molecule has 0 radical (unpaired) electrons. The molecule has 0 aromatic heterocycles. The highest BCUT2D eigenvalue weighted by molar-refractivity contribution is 5.95. The topological polar surface area (TPSA) is 44.7 Å². The largest absolute Gasteiger partial charge is 0.372 e. The number of hydrogen-bond donors (Lipinski definition) is 1. The fourth-order valence-corrected chi connectivity index (χ4v) is 2.24. The molecule has 2 aromatic rings. The summed E-state index contributed by atoms with van der Waals surface area (Å²) in [6.07, 6.45) is 1.25. The van der Waals surface area contributed by atoms with Gasteiger partial charge in [-0.05, 0) is 55.8 Å². The van der Waals surface area contributed by atoms with Crippen LogP contribution in [0.2, 0.25) is 0 Å². The first-order valence-corrected chi connectivity index (χ1v) is 7.68. The summed E-state index contributed by atoms with van der Waals surface area (Å²) in [5, 5.41) is 3.75. The molecular formula is C18H19F2N3O. The van der Waals surface area contributed by atoms with Crippen molar-refractivity contribution < 1.29 is 13.6 Å². The second kappa shape index (κ2) is 8.19. The van der Waals surface area contributed by atoms with E-state index in [4.69, 9.17) is 0 Å². The van der Waals surface area contributed by atoms with Crippen LogP contribution in [0.25, 0.3) is 0 Å². The molecule has 24 heavy (non-hydrogen) atoms. The molecule has 0 aliphatic rings. The van der Waals surface area contributed by atoms with E-state index < -0.39 is 11.6 Å². The Morgan fingerprint density at radius 2 is 1.75 bits per heavy atom. The lowest BCUT2D eigenvalue weighted by atomic mass is 10.2. The van der Waals surface area contributed by atoms with Gasteiger partial charge in [0.2, 0.25) is 0 Å². The van der Waals surface area contributed by atoms with Crippen molar-refractivity contribution in [2.75, 3.05) is 18.0 Å². The van der Waals surface area contributed by atoms with Crippen molar-refractivity contribution in [2.24, 2.45) is 5.10 Å². The normalized spacial score (nSPS) is 10.8. The van der Waals surface area contributed by atoms with Crippen molar-refractivity contribution in [1.82, 2.24) is 5.43 Å². The molecule has 1 N–H and O–H groups in total. The van der Waals surface area contributed by atoms with E-state index in [0.717, 1.165) is 30.9 Å². The zero-order chi connectivity index (χ0) is 17.5. The minimum atomic E-state index is -0.961. The number of nitrogens with one attached hydrogen (secondary N) is 1. The zero-order valence-corrected chi connectivity index (χ0v) is 13.6. The van der Waals surface area contributed by atoms with E-state index in [1.54, 1.807) is 12.1 Å². The van der Waals surface area contributed by atoms with E-state index in [1.165, 1.54) is 12.3 Å². The van der Waals surface area contributed by atoms with Gasteiger partial charge in [-0.25, -0.2) is 14.2 Å². The Balaban J connectivity index is 1.99. The van der Waals surface area contributed by atoms with Crippen LogP contribution in [0.15, 0.2) is 47.6 Å². The molecule has 0 aliphatic heterocycles. The number of carbonyl (C=O) groups is 1. The predicted octanol–water partition coefficient (Wildman–Crippen LogP) is 3.57. The first-order valence-electron chi connectivity index (χ1n) is 7.68. The van der Waals surface area contributed by atoms with E-state index in [9.17, 15) is 13.6 Å². The minimum Gasteiger partial charge on any atom is -0.372 e. The fraction of sp³-hybridized carbons (Fsp3) is 0.222. The number of anilines is 1. The molecule has 4 nitrogen and oxygen atoms in total. The third-order valence-corrected chi connectivity index (χ3v) is 3.58. The maximum Gasteiger partial charge on any atom is 0.271 e. The average Bonchev–Trinajstić information content (AvgIpc) is 2.59. The van der Waals surface area contributed by atoms with E-state index in [-0.39, 0.29) is 5.91 Å². The Hall–Kier alpha value is -2.76. The Labute approximate surface area is 139 Å². The molecule has 0 atom stereocenters. The van der Waals surface area contributed by atoms with Crippen LogP contribution in [0.1, 0.15) is 29.8 Å². The second-order valence-electron chi connectivity index (χ2n) is 5.09. The third-order valence-electron chi connectivity index (χ3n) is 3.58. The summed E-state index contributed by atoms with van der Waals surface area (Å²) in [4.78, 5) is 14.2. The van der Waals surface area contributed by atoms with Gasteiger partial charge in [0, 0.05) is 24.3 Å². The first-order chi connectivity index (χ1) is 11.5. The molecule has 6 heteroatoms. The lowest BCUT2D eigenvalue weighted by molar-refractivity contribution is 0.0955. The molecule has 126 valence electrons. The molecule has 2 aromatic carbocycles. The van der Waals surface area contributed by atoms with Gasteiger partial charge in [-0.1, -0.05) is 6.07 Å². The summed E-state index contributed by atoms with van der Waals surface area (Å²) in [5.74, 6) is -2.26. The summed E-state index contributed by atoms with van der Waals surface area (Å²) >= 11 is 0. The highest BCUT2D eigenvalue weighted by Crippen LogP contribution is 2.14. The van der Waals surface area contributed by atoms with Crippen molar-refractivity contribution >= 4 is 17.8 Å². The maximum atomic E-state index is 13.1. The SMILES string of the molecule is CCN(CC)c1ccc(C(=O)N/N=C\c2ccc(F)c(F)c2)cc1. The van der Waals surface area contributed by atoms with Crippen molar-refractivity contribution in [3.8, 4) is 0 Å². The molecule has 0 heterocycles. The summed E-state index contributed by atoms with van der Waals surface area (Å²) < 4.78 is 25.9. The van der Waals surface area contributed by atoms with Gasteiger partial charge in [-0.15, -0.1) is 0 Å². The molecule has 0 saturated carbocycles. The number of amides is 1. The Bertz CT molecular complexity index is 726. The molecule has 0 saturated heterocycles. The minimum absolute atomic E-state index is 0.353. The molecule has 0 bridgehead atoms. The Kier molecular flexibility index (Phi) is 6.01. The van der Waals surface area contributed by atoms with E-state index in [1.807, 2.05) is 12.1 Å². The van der Waals surface area contributed by atoms with Crippen LogP contribution in [-0.2, 0) is 0 Å². The summed E-state index contributed by atoms with van der Waals surface area (Å²) in [5.41, 5.74) is 4.22. The van der Waals surface area contributed by atoms with Gasteiger partial charge in [-0.2, -0.15) is 5.10 Å². The quantitative estimate of drug-likeness (QED) is 0.649. The number of hydrazone groups is 1. The van der Waals surface area contributed by atoms with Gasteiger partial charge in [0.05, 0.1) is 6.21 Å². The van der Waals surface area contributed by atoms with Crippen LogP contribution in [0.3, 0.4) is 0 Å². The number of rotatable bonds is 6. The van der Waals surface area contributed by atoms with Crippen LogP contribution in [0.4, 0.5) is 14.5 Å². The van der Waals surface area contributed by atoms with E-state index in [2.05, 4.69) is 29.3 Å². The number of carbonyl (C=O) groups excluding carboxylic acids is 1. The van der Waals surface area contributed by atoms with Gasteiger partial charge in [0.25, 0.3) is 5.91 Å². The Morgan fingerprint density at radius 3 is 2.33 bits per heavy atom. The fourth-order valence-electron chi connectivity index (χ4n) is 2.24.